The average Bonchev–Trinajstić information content (AvgIpc) is 3.11. The fraction of sp³-hybridized carbons (Fsp3) is 0.333. The van der Waals surface area contributed by atoms with Crippen LogP contribution in [-0.2, 0) is 6.42 Å². The predicted octanol–water partition coefficient (Wildman–Crippen LogP) is 5.90. The Kier molecular flexibility index (Phi) is 4.76. The van der Waals surface area contributed by atoms with Crippen LogP contribution in [0.5, 0.6) is 0 Å². The van der Waals surface area contributed by atoms with Gasteiger partial charge in [-0.1, -0.05) is 60.8 Å². The molecular formula is C24H23Cl2N3. The van der Waals surface area contributed by atoms with Crippen LogP contribution in [0.1, 0.15) is 48.8 Å². The van der Waals surface area contributed by atoms with Crippen LogP contribution < -0.4 is 0 Å². The second-order valence-electron chi connectivity index (χ2n) is 8.17. The summed E-state index contributed by atoms with van der Waals surface area (Å²) >= 11 is 6.20. The van der Waals surface area contributed by atoms with Gasteiger partial charge in [0.15, 0.2) is 0 Å². The first kappa shape index (κ1) is 18.9. The number of rotatable bonds is 1. The Hall–Kier alpha value is -2.10. The van der Waals surface area contributed by atoms with Crippen molar-refractivity contribution in [1.29, 1.82) is 0 Å². The molecule has 0 aromatic heterocycles. The van der Waals surface area contributed by atoms with Gasteiger partial charge in [-0.25, -0.2) is 9.98 Å². The maximum Gasteiger partial charge on any atom is 0.226 e. The zero-order chi connectivity index (χ0) is 18.7. The van der Waals surface area contributed by atoms with Gasteiger partial charge in [0.2, 0.25) is 5.96 Å². The number of guanidine groups is 1. The van der Waals surface area contributed by atoms with Gasteiger partial charge in [-0.15, -0.1) is 12.4 Å². The van der Waals surface area contributed by atoms with Crippen molar-refractivity contribution in [2.24, 2.45) is 9.98 Å². The molecule has 3 nitrogen and oxygen atoms in total. The predicted molar refractivity (Wildman–Crippen MR) is 122 cm³/mol. The lowest BCUT2D eigenvalue weighted by atomic mass is 9.82. The zero-order valence-corrected chi connectivity index (χ0v) is 17.7. The molecule has 29 heavy (non-hydrogen) atoms. The average molecular weight is 424 g/mol. The molecule has 4 aliphatic rings. The van der Waals surface area contributed by atoms with E-state index >= 15 is 0 Å². The van der Waals surface area contributed by atoms with Crippen molar-refractivity contribution in [3.8, 4) is 0 Å². The summed E-state index contributed by atoms with van der Waals surface area (Å²) in [6, 6.07) is 17.8. The molecule has 0 spiro atoms. The number of hydrogen-bond donors (Lipinski definition) is 0. The van der Waals surface area contributed by atoms with E-state index in [1.165, 1.54) is 53.6 Å². The van der Waals surface area contributed by atoms with Crippen molar-refractivity contribution in [1.82, 2.24) is 4.90 Å². The van der Waals surface area contributed by atoms with Crippen molar-refractivity contribution >= 4 is 41.4 Å². The largest absolute Gasteiger partial charge is 0.305 e. The van der Waals surface area contributed by atoms with E-state index < -0.39 is 0 Å². The van der Waals surface area contributed by atoms with E-state index in [4.69, 9.17) is 21.6 Å². The molecule has 1 fully saturated rings. The van der Waals surface area contributed by atoms with E-state index in [9.17, 15) is 0 Å². The van der Waals surface area contributed by atoms with E-state index in [0.29, 0.717) is 12.1 Å². The molecule has 0 saturated heterocycles. The fourth-order valence-electron chi connectivity index (χ4n) is 5.29. The van der Waals surface area contributed by atoms with Crippen molar-refractivity contribution in [2.75, 3.05) is 0 Å². The highest BCUT2D eigenvalue weighted by molar-refractivity contribution is 6.30. The summed E-state index contributed by atoms with van der Waals surface area (Å²) in [7, 11) is 0. The maximum absolute atomic E-state index is 6.20. The minimum absolute atomic E-state index is 0. The normalized spacial score (nSPS) is 24.5. The number of allylic oxidation sites excluding steroid dienone is 1. The molecule has 0 radical (unpaired) electrons. The lowest BCUT2D eigenvalue weighted by Crippen LogP contribution is -2.43. The lowest BCUT2D eigenvalue weighted by molar-refractivity contribution is 0.301. The molecule has 0 N–H and O–H groups in total. The first-order valence-corrected chi connectivity index (χ1v) is 10.7. The minimum atomic E-state index is 0. The summed E-state index contributed by atoms with van der Waals surface area (Å²) < 4.78 is 0. The van der Waals surface area contributed by atoms with Crippen molar-refractivity contribution in [3.05, 3.63) is 75.8 Å². The number of aryl methyl sites for hydroxylation is 1. The number of fused-ring (bicyclic) bond motifs is 6. The molecule has 5 heteroatoms. The number of halogens is 2. The molecule has 0 bridgehead atoms. The van der Waals surface area contributed by atoms with Crippen LogP contribution in [0.3, 0.4) is 0 Å². The Morgan fingerprint density at radius 2 is 1.72 bits per heavy atom. The van der Waals surface area contributed by atoms with Crippen LogP contribution in [-0.4, -0.2) is 28.7 Å². The van der Waals surface area contributed by atoms with E-state index in [0.717, 1.165) is 29.5 Å². The zero-order valence-electron chi connectivity index (χ0n) is 16.1. The van der Waals surface area contributed by atoms with Gasteiger partial charge in [-0.3, -0.25) is 0 Å². The quantitative estimate of drug-likeness (QED) is 0.560. The second kappa shape index (κ2) is 7.30. The van der Waals surface area contributed by atoms with Gasteiger partial charge in [0.25, 0.3) is 0 Å². The third-order valence-electron chi connectivity index (χ3n) is 6.58. The molecular weight excluding hydrogens is 401 g/mol. The summed E-state index contributed by atoms with van der Waals surface area (Å²) in [5, 5.41) is 0.777. The highest BCUT2D eigenvalue weighted by Gasteiger charge is 2.43. The van der Waals surface area contributed by atoms with Gasteiger partial charge < -0.3 is 4.90 Å². The third kappa shape index (κ3) is 2.94. The molecule has 2 aromatic rings. The Morgan fingerprint density at radius 1 is 0.931 bits per heavy atom. The summed E-state index contributed by atoms with van der Waals surface area (Å²) in [6.07, 6.45) is 7.02. The Balaban J connectivity index is 0.00000181. The van der Waals surface area contributed by atoms with Crippen LogP contribution in [0, 0.1) is 0 Å². The van der Waals surface area contributed by atoms with Gasteiger partial charge in [0, 0.05) is 16.2 Å². The molecule has 0 amide bonds. The number of benzene rings is 2. The van der Waals surface area contributed by atoms with E-state index in [1.807, 2.05) is 12.1 Å². The van der Waals surface area contributed by atoms with Gasteiger partial charge in [-0.05, 0) is 48.9 Å². The van der Waals surface area contributed by atoms with Gasteiger partial charge in [-0.2, -0.15) is 0 Å². The smallest absolute Gasteiger partial charge is 0.226 e. The highest BCUT2D eigenvalue weighted by atomic mass is 35.5. The molecule has 2 heterocycles. The summed E-state index contributed by atoms with van der Waals surface area (Å²) in [4.78, 5) is 12.7. The minimum Gasteiger partial charge on any atom is -0.305 e. The summed E-state index contributed by atoms with van der Waals surface area (Å²) in [5.41, 5.74) is 7.69. The van der Waals surface area contributed by atoms with Crippen LogP contribution in [0.25, 0.3) is 5.70 Å². The van der Waals surface area contributed by atoms with E-state index in [2.05, 4.69) is 41.3 Å². The molecule has 2 atom stereocenters. The van der Waals surface area contributed by atoms with Crippen LogP contribution in [0.2, 0.25) is 5.02 Å². The standard InChI is InChI=1S/C24H22ClN3.ClH/c25-17-12-9-16(10-13-17)23-19-14-11-15-5-1-2-6-18(15)22(19)27-24-26-20-7-3-4-8-21(20)28(23)24;/h1-2,5-6,9-10,12-13,20-21H,3-4,7-8,11,14H2;1H. The summed E-state index contributed by atoms with van der Waals surface area (Å²) in [6.45, 7) is 0. The molecule has 2 aromatic carbocycles. The topological polar surface area (TPSA) is 28.0 Å². The maximum atomic E-state index is 6.20. The SMILES string of the molecule is Cl.Clc1ccc(C2=C3CCc4ccccc4C3=NC3=NC4CCCCC4N32)cc1. The van der Waals surface area contributed by atoms with Gasteiger partial charge in [0.1, 0.15) is 0 Å². The molecule has 2 aliphatic carbocycles. The number of hydrogen-bond acceptors (Lipinski definition) is 3. The van der Waals surface area contributed by atoms with Crippen LogP contribution >= 0.6 is 24.0 Å². The first-order chi connectivity index (χ1) is 13.8. The highest BCUT2D eigenvalue weighted by Crippen LogP contribution is 2.43. The molecule has 2 aliphatic heterocycles. The Labute approximate surface area is 182 Å². The monoisotopic (exact) mass is 423 g/mol. The van der Waals surface area contributed by atoms with Crippen LogP contribution in [0.4, 0.5) is 0 Å². The van der Waals surface area contributed by atoms with Crippen molar-refractivity contribution in [3.63, 3.8) is 0 Å². The van der Waals surface area contributed by atoms with Gasteiger partial charge >= 0.3 is 0 Å². The molecule has 6 rings (SSSR count). The number of aliphatic imine (C=N–C) groups is 2. The Morgan fingerprint density at radius 3 is 2.59 bits per heavy atom. The van der Waals surface area contributed by atoms with Crippen molar-refractivity contribution in [2.45, 2.75) is 50.6 Å². The van der Waals surface area contributed by atoms with E-state index in [1.54, 1.807) is 0 Å². The summed E-state index contributed by atoms with van der Waals surface area (Å²) in [5.74, 6) is 0.914. The molecule has 148 valence electrons. The number of nitrogens with zero attached hydrogens (tertiary/aromatic N) is 3. The van der Waals surface area contributed by atoms with Crippen molar-refractivity contribution < 1.29 is 0 Å². The van der Waals surface area contributed by atoms with Gasteiger partial charge in [0.05, 0.1) is 23.5 Å². The van der Waals surface area contributed by atoms with E-state index in [-0.39, 0.29) is 12.4 Å². The fourth-order valence-corrected chi connectivity index (χ4v) is 5.41. The lowest BCUT2D eigenvalue weighted by Gasteiger charge is -2.38. The molecule has 2 unspecified atom stereocenters. The van der Waals surface area contributed by atoms with Crippen LogP contribution in [0.15, 0.2) is 64.1 Å². The second-order valence-corrected chi connectivity index (χ2v) is 8.61. The first-order valence-electron chi connectivity index (χ1n) is 10.3. The molecule has 1 saturated carbocycles. The third-order valence-corrected chi connectivity index (χ3v) is 6.83. The Bertz CT molecular complexity index is 1050.